The first-order valence-electron chi connectivity index (χ1n) is 8.29. The van der Waals surface area contributed by atoms with E-state index in [2.05, 4.69) is 27.7 Å². The Balaban J connectivity index is 3.95. The zero-order valence-electron chi connectivity index (χ0n) is 13.7. The van der Waals surface area contributed by atoms with E-state index in [4.69, 9.17) is 4.74 Å². The van der Waals surface area contributed by atoms with E-state index in [-0.39, 0.29) is 18.0 Å². The van der Waals surface area contributed by atoms with Gasteiger partial charge in [-0.25, -0.2) is 0 Å². The molecule has 19 heavy (non-hydrogen) atoms. The molecule has 0 saturated carbocycles. The van der Waals surface area contributed by atoms with Gasteiger partial charge in [0.05, 0.1) is 12.0 Å². The van der Waals surface area contributed by atoms with E-state index < -0.39 is 0 Å². The van der Waals surface area contributed by atoms with Crippen molar-refractivity contribution in [2.24, 2.45) is 11.8 Å². The highest BCUT2D eigenvalue weighted by Gasteiger charge is 2.19. The van der Waals surface area contributed by atoms with Crippen LogP contribution < -0.4 is 0 Å². The van der Waals surface area contributed by atoms with E-state index in [1.165, 1.54) is 32.1 Å². The van der Waals surface area contributed by atoms with Gasteiger partial charge in [-0.2, -0.15) is 0 Å². The van der Waals surface area contributed by atoms with Gasteiger partial charge in [0.15, 0.2) is 0 Å². The summed E-state index contributed by atoms with van der Waals surface area (Å²) in [5, 5.41) is 0. The predicted molar refractivity (Wildman–Crippen MR) is 82.2 cm³/mol. The maximum Gasteiger partial charge on any atom is 0.309 e. The SMILES string of the molecule is CCCCC(CC)CCC(C)OC(=O)C(CC)CC. The van der Waals surface area contributed by atoms with Crippen LogP contribution in [0, 0.1) is 11.8 Å². The molecule has 0 aliphatic rings. The van der Waals surface area contributed by atoms with Crippen LogP contribution in [-0.2, 0) is 9.53 Å². The Morgan fingerprint density at radius 3 is 2.05 bits per heavy atom. The number of esters is 1. The van der Waals surface area contributed by atoms with Gasteiger partial charge in [0.2, 0.25) is 0 Å². The fraction of sp³-hybridized carbons (Fsp3) is 0.941. The third-order valence-corrected chi connectivity index (χ3v) is 4.16. The van der Waals surface area contributed by atoms with E-state index in [1.54, 1.807) is 0 Å². The highest BCUT2D eigenvalue weighted by Crippen LogP contribution is 2.21. The lowest BCUT2D eigenvalue weighted by molar-refractivity contribution is -0.153. The molecule has 0 aromatic rings. The van der Waals surface area contributed by atoms with Crippen LogP contribution in [0.1, 0.15) is 86.0 Å². The summed E-state index contributed by atoms with van der Waals surface area (Å²) in [5.74, 6) is 0.887. The molecule has 0 heterocycles. The Bertz CT molecular complexity index is 221. The van der Waals surface area contributed by atoms with E-state index in [0.29, 0.717) is 0 Å². The summed E-state index contributed by atoms with van der Waals surface area (Å²) < 4.78 is 5.55. The van der Waals surface area contributed by atoms with Crippen LogP contribution in [0.5, 0.6) is 0 Å². The summed E-state index contributed by atoms with van der Waals surface area (Å²) in [5.41, 5.74) is 0. The highest BCUT2D eigenvalue weighted by molar-refractivity contribution is 5.72. The quantitative estimate of drug-likeness (QED) is 0.473. The molecule has 0 aromatic heterocycles. The van der Waals surface area contributed by atoms with Crippen molar-refractivity contribution in [3.05, 3.63) is 0 Å². The Morgan fingerprint density at radius 1 is 0.947 bits per heavy atom. The van der Waals surface area contributed by atoms with E-state index in [0.717, 1.165) is 25.2 Å². The van der Waals surface area contributed by atoms with Crippen molar-refractivity contribution in [1.29, 1.82) is 0 Å². The number of rotatable bonds is 11. The van der Waals surface area contributed by atoms with Crippen LogP contribution in [0.3, 0.4) is 0 Å². The summed E-state index contributed by atoms with van der Waals surface area (Å²) in [4.78, 5) is 11.9. The molecule has 0 radical (unpaired) electrons. The first kappa shape index (κ1) is 18.5. The number of carbonyl (C=O) groups excluding carboxylic acids is 1. The molecular formula is C17H34O2. The van der Waals surface area contributed by atoms with Crippen LogP contribution in [0.4, 0.5) is 0 Å². The zero-order chi connectivity index (χ0) is 14.7. The van der Waals surface area contributed by atoms with Crippen molar-refractivity contribution in [2.45, 2.75) is 92.1 Å². The van der Waals surface area contributed by atoms with Crippen LogP contribution in [0.15, 0.2) is 0 Å². The van der Waals surface area contributed by atoms with Crippen LogP contribution in [0.2, 0.25) is 0 Å². The molecule has 0 rings (SSSR count). The van der Waals surface area contributed by atoms with Crippen molar-refractivity contribution >= 4 is 5.97 Å². The molecule has 0 amide bonds. The minimum absolute atomic E-state index is 0.000827. The van der Waals surface area contributed by atoms with Crippen molar-refractivity contribution < 1.29 is 9.53 Å². The van der Waals surface area contributed by atoms with Gasteiger partial charge in [-0.15, -0.1) is 0 Å². The van der Waals surface area contributed by atoms with Crippen molar-refractivity contribution in [2.75, 3.05) is 0 Å². The summed E-state index contributed by atoms with van der Waals surface area (Å²) in [6, 6.07) is 0. The molecule has 2 unspecified atom stereocenters. The maximum absolute atomic E-state index is 11.9. The van der Waals surface area contributed by atoms with E-state index >= 15 is 0 Å². The lowest BCUT2D eigenvalue weighted by Crippen LogP contribution is -2.22. The minimum atomic E-state index is -0.000827. The number of unbranched alkanes of at least 4 members (excludes halogenated alkanes) is 1. The summed E-state index contributed by atoms with van der Waals surface area (Å²) in [7, 11) is 0. The van der Waals surface area contributed by atoms with Crippen LogP contribution >= 0.6 is 0 Å². The molecule has 0 spiro atoms. The minimum Gasteiger partial charge on any atom is -0.462 e. The summed E-state index contributed by atoms with van der Waals surface area (Å²) in [6.45, 7) is 10.6. The van der Waals surface area contributed by atoms with Gasteiger partial charge in [-0.3, -0.25) is 4.79 Å². The third-order valence-electron chi connectivity index (χ3n) is 4.16. The summed E-state index contributed by atoms with van der Waals surface area (Å²) >= 11 is 0. The zero-order valence-corrected chi connectivity index (χ0v) is 13.7. The second kappa shape index (κ2) is 11.3. The monoisotopic (exact) mass is 270 g/mol. The van der Waals surface area contributed by atoms with Gasteiger partial charge in [0.25, 0.3) is 0 Å². The molecule has 0 saturated heterocycles. The van der Waals surface area contributed by atoms with Gasteiger partial charge in [-0.05, 0) is 38.5 Å². The maximum atomic E-state index is 11.9. The standard InChI is InChI=1S/C17H34O2/c1-6-10-11-15(7-2)13-12-14(5)19-17(18)16(8-3)9-4/h14-16H,6-13H2,1-5H3. The van der Waals surface area contributed by atoms with Gasteiger partial charge in [0, 0.05) is 0 Å². The molecule has 0 aliphatic heterocycles. The van der Waals surface area contributed by atoms with Crippen molar-refractivity contribution in [3.63, 3.8) is 0 Å². The second-order valence-electron chi connectivity index (χ2n) is 5.75. The fourth-order valence-corrected chi connectivity index (χ4v) is 2.49. The first-order valence-corrected chi connectivity index (χ1v) is 8.29. The second-order valence-corrected chi connectivity index (χ2v) is 5.75. The number of hydrogen-bond donors (Lipinski definition) is 0. The molecule has 0 aliphatic carbocycles. The number of ether oxygens (including phenoxy) is 1. The Hall–Kier alpha value is -0.530. The van der Waals surface area contributed by atoms with Crippen LogP contribution in [-0.4, -0.2) is 12.1 Å². The van der Waals surface area contributed by atoms with Gasteiger partial charge < -0.3 is 4.74 Å². The molecule has 2 heteroatoms. The number of hydrogen-bond acceptors (Lipinski definition) is 2. The van der Waals surface area contributed by atoms with Gasteiger partial charge in [0.1, 0.15) is 0 Å². The highest BCUT2D eigenvalue weighted by atomic mass is 16.5. The molecule has 0 aromatic carbocycles. The van der Waals surface area contributed by atoms with Crippen LogP contribution in [0.25, 0.3) is 0 Å². The smallest absolute Gasteiger partial charge is 0.309 e. The molecule has 0 bridgehead atoms. The average molecular weight is 270 g/mol. The Morgan fingerprint density at radius 2 is 1.58 bits per heavy atom. The molecule has 0 N–H and O–H groups in total. The normalized spacial score (nSPS) is 14.4. The van der Waals surface area contributed by atoms with Gasteiger partial charge in [-0.1, -0.05) is 53.4 Å². The lowest BCUT2D eigenvalue weighted by Gasteiger charge is -2.20. The average Bonchev–Trinajstić information content (AvgIpc) is 2.40. The Labute approximate surface area is 120 Å². The van der Waals surface area contributed by atoms with Crippen molar-refractivity contribution in [1.82, 2.24) is 0 Å². The van der Waals surface area contributed by atoms with E-state index in [9.17, 15) is 4.79 Å². The molecule has 114 valence electrons. The molecule has 0 fully saturated rings. The molecule has 2 atom stereocenters. The van der Waals surface area contributed by atoms with E-state index in [1.807, 2.05) is 6.92 Å². The fourth-order valence-electron chi connectivity index (χ4n) is 2.49. The summed E-state index contributed by atoms with van der Waals surface area (Å²) in [6.07, 6.45) is 9.20. The Kier molecular flexibility index (Phi) is 11.0. The van der Waals surface area contributed by atoms with Crippen molar-refractivity contribution in [3.8, 4) is 0 Å². The third kappa shape index (κ3) is 8.28. The molecule has 2 nitrogen and oxygen atoms in total. The topological polar surface area (TPSA) is 26.3 Å². The largest absolute Gasteiger partial charge is 0.462 e. The number of carbonyl (C=O) groups is 1. The van der Waals surface area contributed by atoms with Gasteiger partial charge >= 0.3 is 5.97 Å². The molecular weight excluding hydrogens is 236 g/mol. The predicted octanol–water partition coefficient (Wildman–Crippen LogP) is 5.35. The lowest BCUT2D eigenvalue weighted by atomic mass is 9.93. The first-order chi connectivity index (χ1) is 9.08.